The van der Waals surface area contributed by atoms with E-state index in [4.69, 9.17) is 5.73 Å². The molecule has 0 saturated heterocycles. The molecule has 2 heterocycles. The summed E-state index contributed by atoms with van der Waals surface area (Å²) in [6.07, 6.45) is 1.86. The second kappa shape index (κ2) is 4.40. The third kappa shape index (κ3) is 2.18. The lowest BCUT2D eigenvalue weighted by Gasteiger charge is -2.04. The van der Waals surface area contributed by atoms with E-state index in [1.165, 1.54) is 0 Å². The average Bonchev–Trinajstić information content (AvgIpc) is 2.50. The van der Waals surface area contributed by atoms with Crippen molar-refractivity contribution in [1.29, 1.82) is 0 Å². The van der Waals surface area contributed by atoms with Gasteiger partial charge in [0.25, 0.3) is 0 Å². The second-order valence-corrected chi connectivity index (χ2v) is 4.83. The summed E-state index contributed by atoms with van der Waals surface area (Å²) in [5.74, 6) is 0.721. The van der Waals surface area contributed by atoms with Crippen molar-refractivity contribution in [3.8, 4) is 0 Å². The molecule has 0 unspecified atom stereocenters. The summed E-state index contributed by atoms with van der Waals surface area (Å²) in [7, 11) is 0. The lowest BCUT2D eigenvalue weighted by Crippen LogP contribution is -2.06. The second-order valence-electron chi connectivity index (χ2n) is 3.75. The number of anilines is 1. The molecule has 2 rings (SSSR count). The zero-order valence-corrected chi connectivity index (χ0v) is 11.4. The van der Waals surface area contributed by atoms with Gasteiger partial charge >= 0.3 is 0 Å². The van der Waals surface area contributed by atoms with E-state index in [2.05, 4.69) is 32.7 Å². The first-order valence-corrected chi connectivity index (χ1v) is 6.05. The highest BCUT2D eigenvalue weighted by Gasteiger charge is 2.09. The van der Waals surface area contributed by atoms with Crippen LogP contribution in [-0.4, -0.2) is 14.8 Å². The number of halogens is 1. The molecule has 5 heteroatoms. The Bertz CT molecular complexity index is 501. The minimum absolute atomic E-state index is 0.670. The van der Waals surface area contributed by atoms with Gasteiger partial charge in [-0.25, -0.2) is 4.68 Å². The molecule has 0 aromatic carbocycles. The number of pyridine rings is 1. The van der Waals surface area contributed by atoms with E-state index < -0.39 is 0 Å². The fraction of sp³-hybridized carbons (Fsp3) is 0.273. The van der Waals surface area contributed by atoms with Crippen molar-refractivity contribution in [3.63, 3.8) is 0 Å². The van der Waals surface area contributed by atoms with Crippen molar-refractivity contribution >= 4 is 28.4 Å². The Morgan fingerprint density at radius 2 is 2.12 bits per heavy atom. The van der Waals surface area contributed by atoms with E-state index in [1.54, 1.807) is 0 Å². The summed E-state index contributed by atoms with van der Waals surface area (Å²) in [6, 6.07) is 4.04. The maximum Gasteiger partial charge on any atom is 0.135 e. The first kappa shape index (κ1) is 11.4. The van der Waals surface area contributed by atoms with Gasteiger partial charge in [-0.3, -0.25) is 4.98 Å². The maximum atomic E-state index is 5.95. The summed E-state index contributed by atoms with van der Waals surface area (Å²) in [5.41, 5.74) is 9.05. The zero-order chi connectivity index (χ0) is 11.7. The number of aromatic nitrogens is 3. The van der Waals surface area contributed by atoms with Crippen molar-refractivity contribution in [2.45, 2.75) is 20.4 Å². The zero-order valence-electron chi connectivity index (χ0n) is 9.24. The van der Waals surface area contributed by atoms with Crippen LogP contribution < -0.4 is 5.73 Å². The molecule has 2 aromatic heterocycles. The van der Waals surface area contributed by atoms with E-state index in [0.29, 0.717) is 6.54 Å². The molecule has 0 saturated carbocycles. The van der Waals surface area contributed by atoms with Gasteiger partial charge in [-0.05, 0) is 48.1 Å². The van der Waals surface area contributed by atoms with Crippen LogP contribution in [0.2, 0.25) is 0 Å². The Balaban J connectivity index is 2.27. The van der Waals surface area contributed by atoms with Crippen LogP contribution in [0.25, 0.3) is 0 Å². The van der Waals surface area contributed by atoms with Crippen molar-refractivity contribution in [3.05, 3.63) is 38.9 Å². The molecule has 16 heavy (non-hydrogen) atoms. The summed E-state index contributed by atoms with van der Waals surface area (Å²) >= 11 is 2.21. The van der Waals surface area contributed by atoms with Crippen LogP contribution in [0, 0.1) is 17.4 Å². The first-order chi connectivity index (χ1) is 7.58. The van der Waals surface area contributed by atoms with E-state index in [9.17, 15) is 0 Å². The van der Waals surface area contributed by atoms with Gasteiger partial charge in [-0.15, -0.1) is 0 Å². The summed E-state index contributed by atoms with van der Waals surface area (Å²) in [6.45, 7) is 4.60. The molecule has 0 atom stereocenters. The van der Waals surface area contributed by atoms with Crippen LogP contribution in [0.1, 0.15) is 17.0 Å². The lowest BCUT2D eigenvalue weighted by atomic mass is 10.2. The van der Waals surface area contributed by atoms with Gasteiger partial charge in [0.15, 0.2) is 0 Å². The highest BCUT2D eigenvalue weighted by atomic mass is 127. The number of nitrogen functional groups attached to an aromatic ring is 1. The summed E-state index contributed by atoms with van der Waals surface area (Å²) < 4.78 is 2.83. The lowest BCUT2D eigenvalue weighted by molar-refractivity contribution is 0.687. The highest BCUT2D eigenvalue weighted by molar-refractivity contribution is 14.1. The van der Waals surface area contributed by atoms with E-state index >= 15 is 0 Å². The maximum absolute atomic E-state index is 5.95. The van der Waals surface area contributed by atoms with E-state index in [-0.39, 0.29) is 0 Å². The predicted octanol–water partition coefficient (Wildman–Crippen LogP) is 2.13. The first-order valence-electron chi connectivity index (χ1n) is 4.98. The third-order valence-electron chi connectivity index (χ3n) is 2.40. The number of aryl methyl sites for hydroxylation is 2. The fourth-order valence-corrected chi connectivity index (χ4v) is 1.85. The Morgan fingerprint density at radius 3 is 2.62 bits per heavy atom. The van der Waals surface area contributed by atoms with Crippen LogP contribution in [0.4, 0.5) is 5.82 Å². The van der Waals surface area contributed by atoms with Gasteiger partial charge in [0, 0.05) is 11.9 Å². The van der Waals surface area contributed by atoms with E-state index in [0.717, 1.165) is 26.3 Å². The van der Waals surface area contributed by atoms with Crippen LogP contribution in [0.5, 0.6) is 0 Å². The molecule has 0 bridgehead atoms. The molecule has 0 radical (unpaired) electrons. The molecule has 2 N–H and O–H groups in total. The molecule has 4 nitrogen and oxygen atoms in total. The van der Waals surface area contributed by atoms with Gasteiger partial charge < -0.3 is 5.73 Å². The average molecular weight is 328 g/mol. The standard InChI is InChI=1S/C11H13IN4/c1-7-3-4-9(5-14-7)6-16-11(13)10(12)8(2)15-16/h3-5H,6,13H2,1-2H3. The minimum Gasteiger partial charge on any atom is -0.383 e. The number of nitrogens with zero attached hydrogens (tertiary/aromatic N) is 3. The van der Waals surface area contributed by atoms with E-state index in [1.807, 2.05) is 36.9 Å². The Labute approximate surface area is 108 Å². The molecule has 0 spiro atoms. The number of hydrogen-bond acceptors (Lipinski definition) is 3. The number of rotatable bonds is 2. The quantitative estimate of drug-likeness (QED) is 0.860. The van der Waals surface area contributed by atoms with Gasteiger partial charge in [0.2, 0.25) is 0 Å². The van der Waals surface area contributed by atoms with Crippen molar-refractivity contribution < 1.29 is 0 Å². The number of nitrogens with two attached hydrogens (primary N) is 1. The van der Waals surface area contributed by atoms with Gasteiger partial charge in [0.1, 0.15) is 5.82 Å². The fourth-order valence-electron chi connectivity index (χ4n) is 1.46. The SMILES string of the molecule is Cc1ccc(Cn2nc(C)c(I)c2N)cn1. The topological polar surface area (TPSA) is 56.7 Å². The highest BCUT2D eigenvalue weighted by Crippen LogP contribution is 2.19. The molecule has 2 aromatic rings. The molecule has 0 aliphatic carbocycles. The van der Waals surface area contributed by atoms with Crippen molar-refractivity contribution in [2.75, 3.05) is 5.73 Å². The minimum atomic E-state index is 0.670. The van der Waals surface area contributed by atoms with Crippen LogP contribution in [0.3, 0.4) is 0 Å². The predicted molar refractivity (Wildman–Crippen MR) is 72.2 cm³/mol. The normalized spacial score (nSPS) is 10.7. The number of hydrogen-bond donors (Lipinski definition) is 1. The molecule has 0 fully saturated rings. The van der Waals surface area contributed by atoms with Gasteiger partial charge in [0.05, 0.1) is 15.8 Å². The van der Waals surface area contributed by atoms with Crippen LogP contribution in [0.15, 0.2) is 18.3 Å². The van der Waals surface area contributed by atoms with Crippen LogP contribution in [-0.2, 0) is 6.54 Å². The summed E-state index contributed by atoms with van der Waals surface area (Å²) in [5, 5.41) is 4.38. The summed E-state index contributed by atoms with van der Waals surface area (Å²) in [4.78, 5) is 4.25. The monoisotopic (exact) mass is 328 g/mol. The molecule has 0 amide bonds. The Hall–Kier alpha value is -1.11. The van der Waals surface area contributed by atoms with Gasteiger partial charge in [-0.2, -0.15) is 5.10 Å². The van der Waals surface area contributed by atoms with Gasteiger partial charge in [-0.1, -0.05) is 6.07 Å². The smallest absolute Gasteiger partial charge is 0.135 e. The van der Waals surface area contributed by atoms with Crippen LogP contribution >= 0.6 is 22.6 Å². The van der Waals surface area contributed by atoms with Crippen molar-refractivity contribution in [1.82, 2.24) is 14.8 Å². The Morgan fingerprint density at radius 1 is 1.38 bits per heavy atom. The molecular weight excluding hydrogens is 315 g/mol. The molecule has 0 aliphatic rings. The molecule has 84 valence electrons. The Kier molecular flexibility index (Phi) is 3.13. The largest absolute Gasteiger partial charge is 0.383 e. The molecule has 0 aliphatic heterocycles. The van der Waals surface area contributed by atoms with Crippen molar-refractivity contribution in [2.24, 2.45) is 0 Å². The molecular formula is C11H13IN4. The third-order valence-corrected chi connectivity index (χ3v) is 3.73.